The predicted molar refractivity (Wildman–Crippen MR) is 96.2 cm³/mol. The minimum atomic E-state index is 0.499. The molecular weight excluding hydrogens is 296 g/mol. The minimum Gasteiger partial charge on any atom is -0.243 e. The van der Waals surface area contributed by atoms with Gasteiger partial charge in [0.1, 0.15) is 0 Å². The van der Waals surface area contributed by atoms with Gasteiger partial charge in [-0.2, -0.15) is 5.10 Å². The molecule has 2 saturated carbocycles. The number of nitrogens with zero attached hydrogens (tertiary/aromatic N) is 4. The molecule has 1 heterocycles. The highest BCUT2D eigenvalue weighted by atomic mass is 15.4. The van der Waals surface area contributed by atoms with Crippen LogP contribution in [0.4, 0.5) is 11.5 Å². The summed E-state index contributed by atoms with van der Waals surface area (Å²) in [6, 6.07) is 10.5. The Hall–Kier alpha value is -1.97. The van der Waals surface area contributed by atoms with Gasteiger partial charge in [-0.25, -0.2) is 4.68 Å². The monoisotopic (exact) mass is 322 g/mol. The first-order valence-corrected chi connectivity index (χ1v) is 9.46. The van der Waals surface area contributed by atoms with Crippen LogP contribution in [0.2, 0.25) is 0 Å². The molecule has 0 amide bonds. The van der Waals surface area contributed by atoms with E-state index in [2.05, 4.69) is 21.1 Å². The summed E-state index contributed by atoms with van der Waals surface area (Å²) in [7, 11) is 0. The molecule has 0 saturated heterocycles. The molecule has 2 aliphatic rings. The maximum atomic E-state index is 4.76. The number of hydrogen-bond acceptors (Lipinski definition) is 3. The second-order valence-corrected chi connectivity index (χ2v) is 7.18. The van der Waals surface area contributed by atoms with Gasteiger partial charge >= 0.3 is 0 Å². The van der Waals surface area contributed by atoms with Crippen molar-refractivity contribution >= 4 is 11.5 Å². The standard InChI is InChI=1S/C20H26N4/c1-3-11-17(12-4-1)22-23-20-19(16-9-7-8-10-16)15-21-24(20)18-13-5-2-6-14-18/h1,3-4,11-12,15-16,18H,2,5-10,13-14H2/b23-22+. The molecule has 0 bridgehead atoms. The number of aromatic nitrogens is 2. The lowest BCUT2D eigenvalue weighted by molar-refractivity contribution is 0.331. The van der Waals surface area contributed by atoms with Gasteiger partial charge in [0, 0.05) is 5.56 Å². The van der Waals surface area contributed by atoms with E-state index in [1.165, 1.54) is 63.4 Å². The van der Waals surface area contributed by atoms with Crippen molar-refractivity contribution in [2.24, 2.45) is 10.2 Å². The third-order valence-electron chi connectivity index (χ3n) is 5.53. The van der Waals surface area contributed by atoms with Gasteiger partial charge in [0.05, 0.1) is 17.9 Å². The summed E-state index contributed by atoms with van der Waals surface area (Å²) in [5, 5.41) is 13.9. The molecule has 1 aromatic carbocycles. The molecule has 0 aliphatic heterocycles. The molecule has 4 heteroatoms. The average molecular weight is 322 g/mol. The summed E-state index contributed by atoms with van der Waals surface area (Å²) in [6.45, 7) is 0. The molecule has 4 nitrogen and oxygen atoms in total. The Morgan fingerprint density at radius 2 is 1.54 bits per heavy atom. The quantitative estimate of drug-likeness (QED) is 0.595. The zero-order valence-corrected chi connectivity index (χ0v) is 14.3. The van der Waals surface area contributed by atoms with Gasteiger partial charge in [-0.3, -0.25) is 0 Å². The van der Waals surface area contributed by atoms with Gasteiger partial charge in [0.25, 0.3) is 0 Å². The van der Waals surface area contributed by atoms with E-state index in [-0.39, 0.29) is 0 Å². The van der Waals surface area contributed by atoms with Crippen molar-refractivity contribution in [1.29, 1.82) is 0 Å². The normalized spacial score (nSPS) is 20.2. The molecule has 2 aromatic rings. The van der Waals surface area contributed by atoms with Crippen molar-refractivity contribution < 1.29 is 0 Å². The molecule has 24 heavy (non-hydrogen) atoms. The summed E-state index contributed by atoms with van der Waals surface area (Å²) in [5.74, 6) is 1.63. The Bertz CT molecular complexity index is 677. The molecule has 1 aromatic heterocycles. The van der Waals surface area contributed by atoms with Crippen LogP contribution in [0.3, 0.4) is 0 Å². The van der Waals surface area contributed by atoms with Gasteiger partial charge in [-0.15, -0.1) is 10.2 Å². The molecule has 0 N–H and O–H groups in total. The molecule has 126 valence electrons. The first-order chi connectivity index (χ1) is 11.9. The minimum absolute atomic E-state index is 0.499. The second-order valence-electron chi connectivity index (χ2n) is 7.18. The van der Waals surface area contributed by atoms with Crippen LogP contribution >= 0.6 is 0 Å². The summed E-state index contributed by atoms with van der Waals surface area (Å²) >= 11 is 0. The van der Waals surface area contributed by atoms with Crippen molar-refractivity contribution in [3.05, 3.63) is 42.1 Å². The highest BCUT2D eigenvalue weighted by molar-refractivity contribution is 5.43. The van der Waals surface area contributed by atoms with Crippen LogP contribution in [0.5, 0.6) is 0 Å². The first-order valence-electron chi connectivity index (χ1n) is 9.46. The van der Waals surface area contributed by atoms with Gasteiger partial charge < -0.3 is 0 Å². The Labute approximate surface area is 144 Å². The van der Waals surface area contributed by atoms with E-state index in [1.54, 1.807) is 0 Å². The lowest BCUT2D eigenvalue weighted by atomic mass is 9.95. The van der Waals surface area contributed by atoms with E-state index >= 15 is 0 Å². The summed E-state index contributed by atoms with van der Waals surface area (Å²) in [6.07, 6.45) is 13.7. The fourth-order valence-corrected chi connectivity index (χ4v) is 4.19. The van der Waals surface area contributed by atoms with Crippen LogP contribution in [0.1, 0.15) is 75.3 Å². The summed E-state index contributed by atoms with van der Waals surface area (Å²) < 4.78 is 2.18. The predicted octanol–water partition coefficient (Wildman–Crippen LogP) is 6.46. The van der Waals surface area contributed by atoms with Crippen LogP contribution < -0.4 is 0 Å². The molecule has 0 radical (unpaired) electrons. The fourth-order valence-electron chi connectivity index (χ4n) is 4.19. The maximum absolute atomic E-state index is 4.76. The van der Waals surface area contributed by atoms with Crippen molar-refractivity contribution in [3.8, 4) is 0 Å². The zero-order valence-electron chi connectivity index (χ0n) is 14.3. The van der Waals surface area contributed by atoms with Gasteiger partial charge in [0.2, 0.25) is 0 Å². The van der Waals surface area contributed by atoms with Crippen molar-refractivity contribution in [2.75, 3.05) is 0 Å². The Morgan fingerprint density at radius 1 is 0.833 bits per heavy atom. The van der Waals surface area contributed by atoms with E-state index in [4.69, 9.17) is 5.10 Å². The highest BCUT2D eigenvalue weighted by Crippen LogP contribution is 2.41. The van der Waals surface area contributed by atoms with Crippen LogP contribution in [0, 0.1) is 0 Å². The number of azo groups is 1. The van der Waals surface area contributed by atoms with E-state index in [1.807, 2.05) is 30.3 Å². The highest BCUT2D eigenvalue weighted by Gasteiger charge is 2.26. The van der Waals surface area contributed by atoms with E-state index < -0.39 is 0 Å². The molecule has 4 rings (SSSR count). The van der Waals surface area contributed by atoms with E-state index in [0.717, 1.165) is 11.5 Å². The van der Waals surface area contributed by atoms with Crippen LogP contribution in [-0.4, -0.2) is 9.78 Å². The second kappa shape index (κ2) is 7.29. The summed E-state index contributed by atoms with van der Waals surface area (Å²) in [4.78, 5) is 0. The smallest absolute Gasteiger partial charge is 0.176 e. The van der Waals surface area contributed by atoms with Crippen LogP contribution in [0.15, 0.2) is 46.8 Å². The number of rotatable bonds is 4. The zero-order chi connectivity index (χ0) is 16.2. The van der Waals surface area contributed by atoms with Crippen molar-refractivity contribution in [2.45, 2.75) is 69.7 Å². The van der Waals surface area contributed by atoms with Gasteiger partial charge in [0.15, 0.2) is 5.82 Å². The number of hydrogen-bond donors (Lipinski definition) is 0. The Morgan fingerprint density at radius 3 is 2.29 bits per heavy atom. The van der Waals surface area contributed by atoms with Crippen molar-refractivity contribution in [3.63, 3.8) is 0 Å². The molecule has 0 spiro atoms. The largest absolute Gasteiger partial charge is 0.243 e. The summed E-state index contributed by atoms with van der Waals surface area (Å²) in [5.41, 5.74) is 2.23. The third kappa shape index (κ3) is 3.28. The molecule has 2 fully saturated rings. The van der Waals surface area contributed by atoms with E-state index in [0.29, 0.717) is 12.0 Å². The maximum Gasteiger partial charge on any atom is 0.176 e. The molecule has 0 unspecified atom stereocenters. The molecule has 2 aliphatic carbocycles. The lowest BCUT2D eigenvalue weighted by Crippen LogP contribution is -2.13. The molecule has 0 atom stereocenters. The topological polar surface area (TPSA) is 42.5 Å². The average Bonchev–Trinajstić information content (AvgIpc) is 3.31. The Balaban J connectivity index is 1.67. The SMILES string of the molecule is c1ccc(/N=N/c2c(C3CCCC3)cnn2C2CCCCC2)cc1. The van der Waals surface area contributed by atoms with Gasteiger partial charge in [-0.1, -0.05) is 50.3 Å². The van der Waals surface area contributed by atoms with Crippen LogP contribution in [0.25, 0.3) is 0 Å². The fraction of sp³-hybridized carbons (Fsp3) is 0.550. The van der Waals surface area contributed by atoms with Gasteiger partial charge in [-0.05, 0) is 43.7 Å². The molecular formula is C20H26N4. The van der Waals surface area contributed by atoms with Crippen molar-refractivity contribution in [1.82, 2.24) is 9.78 Å². The lowest BCUT2D eigenvalue weighted by Gasteiger charge is -2.23. The van der Waals surface area contributed by atoms with Crippen LogP contribution in [-0.2, 0) is 0 Å². The third-order valence-corrected chi connectivity index (χ3v) is 5.53. The first kappa shape index (κ1) is 15.6. The van der Waals surface area contributed by atoms with E-state index in [9.17, 15) is 0 Å². The Kier molecular flexibility index (Phi) is 4.72. The number of benzene rings is 1.